The fraction of sp³-hybridized carbons (Fsp3) is 0.158. The molecule has 0 saturated heterocycles. The number of nitrogens with zero attached hydrogens (tertiary/aromatic N) is 2. The predicted molar refractivity (Wildman–Crippen MR) is 86.6 cm³/mol. The Morgan fingerprint density at radius 2 is 1.95 bits per heavy atom. The van der Waals surface area contributed by atoms with Crippen molar-refractivity contribution < 1.29 is 0 Å². The summed E-state index contributed by atoms with van der Waals surface area (Å²) < 4.78 is 0. The molecule has 2 aromatic carbocycles. The summed E-state index contributed by atoms with van der Waals surface area (Å²) in [5.41, 5.74) is 6.57. The van der Waals surface area contributed by atoms with E-state index in [0.29, 0.717) is 5.56 Å². The number of benzene rings is 2. The summed E-state index contributed by atoms with van der Waals surface area (Å²) in [6.45, 7) is 4.26. The molecule has 0 saturated carbocycles. The molecule has 1 N–H and O–H groups in total. The van der Waals surface area contributed by atoms with E-state index in [-0.39, 0.29) is 5.92 Å². The Balaban J connectivity index is 2.21. The molecule has 0 spiro atoms. The normalized spacial score (nSPS) is 11.9. The average Bonchev–Trinajstić information content (AvgIpc) is 3.06. The van der Waals surface area contributed by atoms with Crippen molar-refractivity contribution in [3.63, 3.8) is 0 Å². The van der Waals surface area contributed by atoms with Gasteiger partial charge in [0.2, 0.25) is 0 Å². The van der Waals surface area contributed by atoms with E-state index in [1.165, 1.54) is 16.7 Å². The second-order valence-corrected chi connectivity index (χ2v) is 5.47. The lowest BCUT2D eigenvalue weighted by atomic mass is 9.84. The predicted octanol–water partition coefficient (Wildman–Crippen LogP) is 4.08. The van der Waals surface area contributed by atoms with Crippen LogP contribution < -0.4 is 0 Å². The smallest absolute Gasteiger partial charge is 0.0991 e. The SMILES string of the molecule is Cc1cccc(C(c2cccc(C#N)c2)c2cnc[nH]2)c1C. The van der Waals surface area contributed by atoms with Crippen molar-refractivity contribution in [3.05, 3.63) is 88.5 Å². The van der Waals surface area contributed by atoms with E-state index < -0.39 is 0 Å². The highest BCUT2D eigenvalue weighted by Gasteiger charge is 2.20. The third-order valence-electron chi connectivity index (χ3n) is 4.14. The lowest BCUT2D eigenvalue weighted by Crippen LogP contribution is -2.07. The van der Waals surface area contributed by atoms with Crippen LogP contribution in [0.15, 0.2) is 55.0 Å². The Morgan fingerprint density at radius 1 is 1.14 bits per heavy atom. The molecule has 0 amide bonds. The molecular weight excluding hydrogens is 270 g/mol. The van der Waals surface area contributed by atoms with Crippen LogP contribution in [0.25, 0.3) is 0 Å². The second kappa shape index (κ2) is 5.87. The van der Waals surface area contributed by atoms with Crippen molar-refractivity contribution in [2.75, 3.05) is 0 Å². The van der Waals surface area contributed by atoms with E-state index in [9.17, 15) is 5.26 Å². The van der Waals surface area contributed by atoms with Crippen LogP contribution in [-0.2, 0) is 0 Å². The van der Waals surface area contributed by atoms with Crippen LogP contribution in [0.1, 0.15) is 39.4 Å². The van der Waals surface area contributed by atoms with Gasteiger partial charge in [-0.2, -0.15) is 5.26 Å². The van der Waals surface area contributed by atoms with Gasteiger partial charge in [0.05, 0.1) is 23.9 Å². The van der Waals surface area contributed by atoms with Gasteiger partial charge >= 0.3 is 0 Å². The van der Waals surface area contributed by atoms with E-state index in [1.54, 1.807) is 6.33 Å². The molecule has 3 aromatic rings. The van der Waals surface area contributed by atoms with Gasteiger partial charge in [0.1, 0.15) is 0 Å². The van der Waals surface area contributed by atoms with Crippen LogP contribution in [0.4, 0.5) is 0 Å². The first-order chi connectivity index (χ1) is 10.7. The summed E-state index contributed by atoms with van der Waals surface area (Å²) in [4.78, 5) is 7.39. The topological polar surface area (TPSA) is 52.5 Å². The van der Waals surface area contributed by atoms with E-state index in [1.807, 2.05) is 24.4 Å². The maximum absolute atomic E-state index is 9.17. The van der Waals surface area contributed by atoms with Crippen LogP contribution in [0.3, 0.4) is 0 Å². The Labute approximate surface area is 130 Å². The van der Waals surface area contributed by atoms with Gasteiger partial charge in [-0.25, -0.2) is 4.98 Å². The summed E-state index contributed by atoms with van der Waals surface area (Å²) in [6.07, 6.45) is 3.55. The Kier molecular flexibility index (Phi) is 3.76. The largest absolute Gasteiger partial charge is 0.348 e. The number of imidazole rings is 1. The molecule has 0 aliphatic rings. The minimum absolute atomic E-state index is 0.0516. The molecule has 1 atom stereocenters. The molecule has 0 aliphatic carbocycles. The lowest BCUT2D eigenvalue weighted by molar-refractivity contribution is 0.917. The Bertz CT molecular complexity index is 826. The van der Waals surface area contributed by atoms with Crippen LogP contribution in [0, 0.1) is 25.2 Å². The van der Waals surface area contributed by atoms with Crippen LogP contribution in [-0.4, -0.2) is 9.97 Å². The van der Waals surface area contributed by atoms with Crippen molar-refractivity contribution in [1.82, 2.24) is 9.97 Å². The molecule has 0 fully saturated rings. The number of nitrogens with one attached hydrogen (secondary N) is 1. The van der Waals surface area contributed by atoms with E-state index in [0.717, 1.165) is 11.3 Å². The van der Waals surface area contributed by atoms with E-state index in [2.05, 4.69) is 54.2 Å². The zero-order chi connectivity index (χ0) is 15.5. The quantitative estimate of drug-likeness (QED) is 0.789. The minimum atomic E-state index is 0.0516. The zero-order valence-corrected chi connectivity index (χ0v) is 12.7. The molecular formula is C19H17N3. The summed E-state index contributed by atoms with van der Waals surface area (Å²) in [7, 11) is 0. The average molecular weight is 287 g/mol. The maximum atomic E-state index is 9.17. The monoisotopic (exact) mass is 287 g/mol. The molecule has 108 valence electrons. The first kappa shape index (κ1) is 14.1. The highest BCUT2D eigenvalue weighted by molar-refractivity contribution is 5.47. The molecule has 3 nitrogen and oxygen atoms in total. The fourth-order valence-electron chi connectivity index (χ4n) is 2.83. The van der Waals surface area contributed by atoms with Gasteiger partial charge in [0, 0.05) is 11.9 Å². The maximum Gasteiger partial charge on any atom is 0.0991 e. The Hall–Kier alpha value is -2.86. The third-order valence-corrected chi connectivity index (χ3v) is 4.14. The van der Waals surface area contributed by atoms with Gasteiger partial charge < -0.3 is 4.98 Å². The third kappa shape index (κ3) is 2.51. The molecule has 0 radical (unpaired) electrons. The molecule has 3 heteroatoms. The van der Waals surface area contributed by atoms with Gasteiger partial charge in [0.15, 0.2) is 0 Å². The highest BCUT2D eigenvalue weighted by Crippen LogP contribution is 2.33. The number of rotatable bonds is 3. The number of aromatic amines is 1. The van der Waals surface area contributed by atoms with Gasteiger partial charge in [-0.1, -0.05) is 30.3 Å². The number of H-pyrrole nitrogens is 1. The minimum Gasteiger partial charge on any atom is -0.348 e. The van der Waals surface area contributed by atoms with E-state index in [4.69, 9.17) is 0 Å². The highest BCUT2D eigenvalue weighted by atomic mass is 14.9. The fourth-order valence-corrected chi connectivity index (χ4v) is 2.83. The summed E-state index contributed by atoms with van der Waals surface area (Å²) in [5.74, 6) is 0.0516. The first-order valence-electron chi connectivity index (χ1n) is 7.25. The van der Waals surface area contributed by atoms with Crippen molar-refractivity contribution >= 4 is 0 Å². The van der Waals surface area contributed by atoms with Gasteiger partial charge in [-0.3, -0.25) is 0 Å². The van der Waals surface area contributed by atoms with Crippen molar-refractivity contribution in [2.24, 2.45) is 0 Å². The molecule has 0 bridgehead atoms. The second-order valence-electron chi connectivity index (χ2n) is 5.47. The van der Waals surface area contributed by atoms with Gasteiger partial charge in [-0.15, -0.1) is 0 Å². The molecule has 1 unspecified atom stereocenters. The molecule has 1 aromatic heterocycles. The molecule has 22 heavy (non-hydrogen) atoms. The number of nitriles is 1. The zero-order valence-electron chi connectivity index (χ0n) is 12.7. The van der Waals surface area contributed by atoms with Gasteiger partial charge in [-0.05, 0) is 48.2 Å². The number of aromatic nitrogens is 2. The van der Waals surface area contributed by atoms with Crippen LogP contribution in [0.5, 0.6) is 0 Å². The van der Waals surface area contributed by atoms with Gasteiger partial charge in [0.25, 0.3) is 0 Å². The lowest BCUT2D eigenvalue weighted by Gasteiger charge is -2.20. The van der Waals surface area contributed by atoms with Crippen LogP contribution in [0.2, 0.25) is 0 Å². The number of hydrogen-bond acceptors (Lipinski definition) is 2. The number of aryl methyl sites for hydroxylation is 1. The molecule has 0 aliphatic heterocycles. The summed E-state index contributed by atoms with van der Waals surface area (Å²) in [5, 5.41) is 9.17. The molecule has 3 rings (SSSR count). The van der Waals surface area contributed by atoms with Crippen molar-refractivity contribution in [1.29, 1.82) is 5.26 Å². The van der Waals surface area contributed by atoms with Crippen LogP contribution >= 0.6 is 0 Å². The van der Waals surface area contributed by atoms with Crippen molar-refractivity contribution in [2.45, 2.75) is 19.8 Å². The number of hydrogen-bond donors (Lipinski definition) is 1. The summed E-state index contributed by atoms with van der Waals surface area (Å²) in [6, 6.07) is 16.3. The first-order valence-corrected chi connectivity index (χ1v) is 7.25. The Morgan fingerprint density at radius 3 is 2.68 bits per heavy atom. The summed E-state index contributed by atoms with van der Waals surface area (Å²) >= 11 is 0. The molecule has 1 heterocycles. The standard InChI is InChI=1S/C19H17N3/c1-13-5-3-8-17(14(13)2)19(18-11-21-12-22-18)16-7-4-6-15(9-16)10-20/h3-9,11-12,19H,1-2H3,(H,21,22). The van der Waals surface area contributed by atoms with E-state index >= 15 is 0 Å². The van der Waals surface area contributed by atoms with Crippen molar-refractivity contribution in [3.8, 4) is 6.07 Å².